The second kappa shape index (κ2) is 2.84. The molecular weight excluding hydrogens is 164 g/mol. The Morgan fingerprint density at radius 3 is 3.00 bits per heavy atom. The van der Waals surface area contributed by atoms with E-state index in [-0.39, 0.29) is 0 Å². The van der Waals surface area contributed by atoms with Crippen LogP contribution in [0.3, 0.4) is 0 Å². The van der Waals surface area contributed by atoms with Gasteiger partial charge in [-0.3, -0.25) is 0 Å². The first-order valence-electron chi connectivity index (χ1n) is 4.78. The fourth-order valence-corrected chi connectivity index (χ4v) is 1.85. The van der Waals surface area contributed by atoms with Crippen LogP contribution in [-0.4, -0.2) is 4.98 Å². The van der Waals surface area contributed by atoms with Crippen LogP contribution >= 0.6 is 0 Å². The maximum atomic E-state index is 5.51. The monoisotopic (exact) mass is 180 g/mol. The van der Waals surface area contributed by atoms with Crippen LogP contribution in [0.4, 0.5) is 0 Å². The van der Waals surface area contributed by atoms with Gasteiger partial charge in [0.05, 0.1) is 12.2 Å². The first-order valence-corrected chi connectivity index (χ1v) is 4.78. The van der Waals surface area contributed by atoms with Crippen molar-refractivity contribution in [1.29, 1.82) is 0 Å². The zero-order chi connectivity index (χ0) is 9.47. The molecule has 0 bridgehead atoms. The number of oxazole rings is 1. The van der Waals surface area contributed by atoms with Crippen molar-refractivity contribution < 1.29 is 4.42 Å². The predicted molar refractivity (Wildman–Crippen MR) is 50.2 cm³/mol. The van der Waals surface area contributed by atoms with Gasteiger partial charge < -0.3 is 10.2 Å². The summed E-state index contributed by atoms with van der Waals surface area (Å²) in [5.41, 5.74) is 6.97. The second-order valence-corrected chi connectivity index (χ2v) is 4.52. The highest BCUT2D eigenvalue weighted by Crippen LogP contribution is 2.34. The fourth-order valence-electron chi connectivity index (χ4n) is 1.85. The number of rotatable bonds is 1. The SMILES string of the molecule is CC1(C)CCc2oc(CN)nc2C1. The summed E-state index contributed by atoms with van der Waals surface area (Å²) in [6, 6.07) is 0. The van der Waals surface area contributed by atoms with Gasteiger partial charge in [-0.15, -0.1) is 0 Å². The van der Waals surface area contributed by atoms with Gasteiger partial charge in [0.25, 0.3) is 0 Å². The minimum atomic E-state index is 0.371. The predicted octanol–water partition coefficient (Wildman–Crippen LogP) is 1.65. The Balaban J connectivity index is 2.30. The third-order valence-corrected chi connectivity index (χ3v) is 2.67. The fraction of sp³-hybridized carbons (Fsp3) is 0.700. The Morgan fingerprint density at radius 1 is 1.54 bits per heavy atom. The van der Waals surface area contributed by atoms with E-state index in [1.165, 1.54) is 6.42 Å². The number of aryl methyl sites for hydroxylation is 1. The van der Waals surface area contributed by atoms with Crippen molar-refractivity contribution in [1.82, 2.24) is 4.98 Å². The molecule has 0 amide bonds. The molecule has 0 radical (unpaired) electrons. The second-order valence-electron chi connectivity index (χ2n) is 4.52. The maximum absolute atomic E-state index is 5.51. The summed E-state index contributed by atoms with van der Waals surface area (Å²) in [4.78, 5) is 4.37. The van der Waals surface area contributed by atoms with Crippen LogP contribution in [0.2, 0.25) is 0 Å². The molecule has 1 aliphatic rings. The number of nitrogens with zero attached hydrogens (tertiary/aromatic N) is 1. The topological polar surface area (TPSA) is 52.0 Å². The summed E-state index contributed by atoms with van der Waals surface area (Å²) in [6.07, 6.45) is 3.21. The smallest absolute Gasteiger partial charge is 0.208 e. The highest BCUT2D eigenvalue weighted by Gasteiger charge is 2.28. The van der Waals surface area contributed by atoms with E-state index in [1.807, 2.05) is 0 Å². The largest absolute Gasteiger partial charge is 0.444 e. The Labute approximate surface area is 78.3 Å². The number of aromatic nitrogens is 1. The van der Waals surface area contributed by atoms with Crippen LogP contribution in [0.25, 0.3) is 0 Å². The van der Waals surface area contributed by atoms with Crippen LogP contribution in [0.15, 0.2) is 4.42 Å². The van der Waals surface area contributed by atoms with Crippen LogP contribution in [0, 0.1) is 5.41 Å². The molecule has 0 spiro atoms. The Morgan fingerprint density at radius 2 is 2.31 bits per heavy atom. The van der Waals surface area contributed by atoms with Crippen molar-refractivity contribution in [2.75, 3.05) is 0 Å². The van der Waals surface area contributed by atoms with E-state index in [4.69, 9.17) is 10.2 Å². The van der Waals surface area contributed by atoms with Crippen molar-refractivity contribution in [2.45, 2.75) is 39.7 Å². The molecule has 3 nitrogen and oxygen atoms in total. The van der Waals surface area contributed by atoms with Gasteiger partial charge in [0.1, 0.15) is 5.76 Å². The minimum Gasteiger partial charge on any atom is -0.444 e. The van der Waals surface area contributed by atoms with Crippen molar-refractivity contribution in [3.05, 3.63) is 17.3 Å². The summed E-state index contributed by atoms with van der Waals surface area (Å²) in [5, 5.41) is 0. The third-order valence-electron chi connectivity index (χ3n) is 2.67. The average Bonchev–Trinajstić information content (AvgIpc) is 2.44. The molecule has 1 aromatic rings. The summed E-state index contributed by atoms with van der Waals surface area (Å²) in [6.45, 7) is 4.95. The Bertz CT molecular complexity index is 315. The molecular formula is C10H16N2O. The number of hydrogen-bond donors (Lipinski definition) is 1. The molecule has 0 aromatic carbocycles. The van der Waals surface area contributed by atoms with Crippen molar-refractivity contribution in [3.63, 3.8) is 0 Å². The minimum absolute atomic E-state index is 0.371. The first kappa shape index (κ1) is 8.75. The summed E-state index contributed by atoms with van der Waals surface area (Å²) < 4.78 is 5.51. The molecule has 3 heteroatoms. The van der Waals surface area contributed by atoms with E-state index >= 15 is 0 Å². The summed E-state index contributed by atoms with van der Waals surface area (Å²) in [5.74, 6) is 1.74. The van der Waals surface area contributed by atoms with Gasteiger partial charge >= 0.3 is 0 Å². The van der Waals surface area contributed by atoms with Crippen molar-refractivity contribution >= 4 is 0 Å². The van der Waals surface area contributed by atoms with Gasteiger partial charge in [-0.1, -0.05) is 13.8 Å². The van der Waals surface area contributed by atoms with E-state index in [2.05, 4.69) is 18.8 Å². The van der Waals surface area contributed by atoms with Gasteiger partial charge in [-0.25, -0.2) is 4.98 Å². The molecule has 13 heavy (non-hydrogen) atoms. The van der Waals surface area contributed by atoms with Crippen molar-refractivity contribution in [2.24, 2.45) is 11.1 Å². The zero-order valence-electron chi connectivity index (χ0n) is 8.26. The summed E-state index contributed by atoms with van der Waals surface area (Å²) >= 11 is 0. The molecule has 0 aliphatic heterocycles. The first-order chi connectivity index (χ1) is 6.11. The lowest BCUT2D eigenvalue weighted by Crippen LogP contribution is -2.21. The lowest BCUT2D eigenvalue weighted by molar-refractivity contribution is 0.292. The number of hydrogen-bond acceptors (Lipinski definition) is 3. The van der Waals surface area contributed by atoms with E-state index in [9.17, 15) is 0 Å². The quantitative estimate of drug-likeness (QED) is 0.715. The van der Waals surface area contributed by atoms with Crippen LogP contribution in [-0.2, 0) is 19.4 Å². The van der Waals surface area contributed by atoms with Crippen molar-refractivity contribution in [3.8, 4) is 0 Å². The molecule has 72 valence electrons. The van der Waals surface area contributed by atoms with Gasteiger partial charge in [0.2, 0.25) is 5.89 Å². The molecule has 1 aliphatic carbocycles. The maximum Gasteiger partial charge on any atom is 0.208 e. The molecule has 2 rings (SSSR count). The van der Waals surface area contributed by atoms with E-state index in [0.29, 0.717) is 17.9 Å². The highest BCUT2D eigenvalue weighted by atomic mass is 16.4. The summed E-state index contributed by atoms with van der Waals surface area (Å²) in [7, 11) is 0. The lowest BCUT2D eigenvalue weighted by atomic mass is 9.78. The zero-order valence-corrected chi connectivity index (χ0v) is 8.26. The van der Waals surface area contributed by atoms with Crippen LogP contribution < -0.4 is 5.73 Å². The van der Waals surface area contributed by atoms with Crippen LogP contribution in [0.1, 0.15) is 37.6 Å². The van der Waals surface area contributed by atoms with E-state index in [0.717, 1.165) is 24.3 Å². The Hall–Kier alpha value is -0.830. The average molecular weight is 180 g/mol. The highest BCUT2D eigenvalue weighted by molar-refractivity contribution is 5.16. The van der Waals surface area contributed by atoms with Gasteiger partial charge in [-0.2, -0.15) is 0 Å². The third kappa shape index (κ3) is 1.61. The molecule has 1 heterocycles. The molecule has 0 atom stereocenters. The molecule has 2 N–H and O–H groups in total. The van der Waals surface area contributed by atoms with E-state index < -0.39 is 0 Å². The normalized spacial score (nSPS) is 19.9. The molecule has 1 aromatic heterocycles. The Kier molecular flexibility index (Phi) is 1.91. The molecule has 0 saturated heterocycles. The molecule has 0 unspecified atom stereocenters. The van der Waals surface area contributed by atoms with Gasteiger partial charge in [0.15, 0.2) is 0 Å². The standard InChI is InChI=1S/C10H16N2O/c1-10(2)4-3-8-7(5-10)12-9(6-11)13-8/h3-6,11H2,1-2H3. The van der Waals surface area contributed by atoms with E-state index in [1.54, 1.807) is 0 Å². The molecule has 0 fully saturated rings. The molecule has 0 saturated carbocycles. The van der Waals surface area contributed by atoms with Gasteiger partial charge in [-0.05, 0) is 18.3 Å². The van der Waals surface area contributed by atoms with Crippen LogP contribution in [0.5, 0.6) is 0 Å². The number of nitrogens with two attached hydrogens (primary N) is 1. The number of fused-ring (bicyclic) bond motifs is 1. The lowest BCUT2D eigenvalue weighted by Gasteiger charge is -2.27. The van der Waals surface area contributed by atoms with Gasteiger partial charge in [0, 0.05) is 6.42 Å².